The third-order valence-electron chi connectivity index (χ3n) is 5.69. The SMILES string of the molecule is [B]c1ccccc1S(=O)(=O)Nc1cccc(CNc2cc(-c3ccccc3O)nc3c(C)cnn23)c1. The van der Waals surface area contributed by atoms with E-state index in [1.165, 1.54) is 6.07 Å². The highest BCUT2D eigenvalue weighted by molar-refractivity contribution is 7.93. The molecule has 0 fully saturated rings. The number of phenols is 1. The van der Waals surface area contributed by atoms with E-state index in [0.29, 0.717) is 35.0 Å². The molecule has 2 heterocycles. The van der Waals surface area contributed by atoms with Gasteiger partial charge in [-0.05, 0) is 42.8 Å². The molecule has 0 aliphatic heterocycles. The monoisotopic (exact) mass is 495 g/mol. The molecule has 10 heteroatoms. The van der Waals surface area contributed by atoms with Crippen molar-refractivity contribution in [2.45, 2.75) is 18.4 Å². The molecule has 0 saturated heterocycles. The number of sulfonamides is 1. The molecule has 0 bridgehead atoms. The first-order valence-corrected chi connectivity index (χ1v) is 12.6. The van der Waals surface area contributed by atoms with Gasteiger partial charge >= 0.3 is 0 Å². The molecule has 3 aromatic carbocycles. The van der Waals surface area contributed by atoms with E-state index in [2.05, 4.69) is 20.1 Å². The number of anilines is 2. The Morgan fingerprint density at radius 1 is 1.00 bits per heavy atom. The lowest BCUT2D eigenvalue weighted by Crippen LogP contribution is -2.21. The Labute approximate surface area is 210 Å². The van der Waals surface area contributed by atoms with Crippen LogP contribution in [0.15, 0.2) is 90.0 Å². The van der Waals surface area contributed by atoms with Crippen LogP contribution >= 0.6 is 0 Å². The lowest BCUT2D eigenvalue weighted by molar-refractivity contribution is 0.477. The maximum Gasteiger partial charge on any atom is 0.261 e. The van der Waals surface area contributed by atoms with E-state index in [1.807, 2.05) is 25.1 Å². The summed E-state index contributed by atoms with van der Waals surface area (Å²) in [6.07, 6.45) is 1.73. The number of rotatable bonds is 7. The second-order valence-corrected chi connectivity index (χ2v) is 9.95. The number of hydrogen-bond acceptors (Lipinski definition) is 6. The van der Waals surface area contributed by atoms with Gasteiger partial charge in [0.25, 0.3) is 10.0 Å². The Hall–Kier alpha value is -4.31. The fourth-order valence-electron chi connectivity index (χ4n) is 3.90. The van der Waals surface area contributed by atoms with Crippen molar-refractivity contribution in [1.82, 2.24) is 14.6 Å². The quantitative estimate of drug-likeness (QED) is 0.298. The van der Waals surface area contributed by atoms with Crippen LogP contribution < -0.4 is 15.5 Å². The maximum absolute atomic E-state index is 12.8. The van der Waals surface area contributed by atoms with Gasteiger partial charge in [-0.2, -0.15) is 9.61 Å². The lowest BCUT2D eigenvalue weighted by Gasteiger charge is -2.13. The summed E-state index contributed by atoms with van der Waals surface area (Å²) in [5.74, 6) is 0.811. The van der Waals surface area contributed by atoms with Crippen molar-refractivity contribution in [3.63, 3.8) is 0 Å². The van der Waals surface area contributed by atoms with Crippen molar-refractivity contribution in [2.24, 2.45) is 0 Å². The van der Waals surface area contributed by atoms with Gasteiger partial charge in [0.05, 0.1) is 16.8 Å². The minimum absolute atomic E-state index is 0.0263. The number of aromatic nitrogens is 3. The van der Waals surface area contributed by atoms with Crippen molar-refractivity contribution in [3.05, 3.63) is 96.2 Å². The second kappa shape index (κ2) is 9.39. The predicted molar refractivity (Wildman–Crippen MR) is 141 cm³/mol. The molecule has 5 aromatic rings. The van der Waals surface area contributed by atoms with Crippen LogP contribution in [0.2, 0.25) is 0 Å². The fraction of sp³-hybridized carbons (Fsp3) is 0.0769. The van der Waals surface area contributed by atoms with Gasteiger partial charge in [-0.25, -0.2) is 13.4 Å². The third-order valence-corrected chi connectivity index (χ3v) is 7.14. The normalized spacial score (nSPS) is 11.5. The Morgan fingerprint density at radius 3 is 2.58 bits per heavy atom. The number of nitrogens with one attached hydrogen (secondary N) is 2. The molecule has 2 radical (unpaired) electrons. The number of fused-ring (bicyclic) bond motifs is 1. The zero-order chi connectivity index (χ0) is 25.3. The van der Waals surface area contributed by atoms with Crippen LogP contribution in [0.1, 0.15) is 11.1 Å². The Balaban J connectivity index is 1.42. The smallest absolute Gasteiger partial charge is 0.261 e. The van der Waals surface area contributed by atoms with Gasteiger partial charge in [0.15, 0.2) is 5.65 Å². The van der Waals surface area contributed by atoms with E-state index in [0.717, 1.165) is 11.1 Å². The van der Waals surface area contributed by atoms with Crippen molar-refractivity contribution in [1.29, 1.82) is 0 Å². The summed E-state index contributed by atoms with van der Waals surface area (Å²) in [5.41, 5.74) is 4.22. The average molecular weight is 495 g/mol. The first kappa shape index (κ1) is 23.4. The highest BCUT2D eigenvalue weighted by Gasteiger charge is 2.16. The van der Waals surface area contributed by atoms with Gasteiger partial charge < -0.3 is 10.4 Å². The summed E-state index contributed by atoms with van der Waals surface area (Å²) in [7, 11) is 2.02. The van der Waals surface area contributed by atoms with Crippen molar-refractivity contribution in [2.75, 3.05) is 10.0 Å². The molecule has 0 aliphatic rings. The molecule has 5 rings (SSSR count). The largest absolute Gasteiger partial charge is 0.507 e. The third kappa shape index (κ3) is 4.63. The summed E-state index contributed by atoms with van der Waals surface area (Å²) >= 11 is 0. The first-order valence-electron chi connectivity index (χ1n) is 11.2. The van der Waals surface area contributed by atoms with E-state index in [9.17, 15) is 13.5 Å². The molecule has 0 unspecified atom stereocenters. The minimum atomic E-state index is -3.84. The number of nitrogens with zero attached hydrogens (tertiary/aromatic N) is 3. The Morgan fingerprint density at radius 2 is 1.78 bits per heavy atom. The number of hydrogen-bond donors (Lipinski definition) is 3. The zero-order valence-corrected chi connectivity index (χ0v) is 20.2. The molecule has 3 N–H and O–H groups in total. The van der Waals surface area contributed by atoms with Crippen LogP contribution in [-0.4, -0.2) is 36.0 Å². The van der Waals surface area contributed by atoms with Crippen LogP contribution in [0.25, 0.3) is 16.9 Å². The molecule has 0 atom stereocenters. The number of aromatic hydroxyl groups is 1. The standard InChI is InChI=1S/C26H22BN5O3S/c1-17-15-29-32-25(14-22(30-26(17)32)20-9-2-4-11-23(20)33)28-16-18-7-6-8-19(13-18)31-36(34,35)24-12-5-3-10-21(24)27/h2-15,28,31,33H,16H2,1H3. The van der Waals surface area contributed by atoms with Gasteiger partial charge in [-0.1, -0.05) is 47.9 Å². The minimum Gasteiger partial charge on any atom is -0.507 e. The van der Waals surface area contributed by atoms with Gasteiger partial charge in [0.2, 0.25) is 0 Å². The molecule has 2 aromatic heterocycles. The Bertz CT molecular complexity index is 1680. The number of benzene rings is 3. The topological polar surface area (TPSA) is 109 Å². The molecule has 8 nitrogen and oxygen atoms in total. The van der Waals surface area contributed by atoms with Gasteiger partial charge in [0.1, 0.15) is 19.4 Å². The highest BCUT2D eigenvalue weighted by atomic mass is 32.2. The van der Waals surface area contributed by atoms with Crippen LogP contribution in [0.5, 0.6) is 5.75 Å². The molecule has 0 aliphatic carbocycles. The molecule has 0 spiro atoms. The number of phenolic OH excluding ortho intramolecular Hbond substituents is 1. The molecular formula is C26H22BN5O3S. The summed E-state index contributed by atoms with van der Waals surface area (Å²) in [6, 6.07) is 22.2. The Kier molecular flexibility index (Phi) is 6.11. The highest BCUT2D eigenvalue weighted by Crippen LogP contribution is 2.30. The summed E-state index contributed by atoms with van der Waals surface area (Å²) in [6.45, 7) is 2.31. The number of para-hydroxylation sites is 1. The average Bonchev–Trinajstić information content (AvgIpc) is 3.23. The lowest BCUT2D eigenvalue weighted by atomic mass is 9.97. The summed E-state index contributed by atoms with van der Waals surface area (Å²) < 4.78 is 29.9. The van der Waals surface area contributed by atoms with Crippen molar-refractivity contribution in [3.8, 4) is 17.0 Å². The molecule has 0 saturated carbocycles. The van der Waals surface area contributed by atoms with Crippen LogP contribution in [0, 0.1) is 6.92 Å². The summed E-state index contributed by atoms with van der Waals surface area (Å²) in [5, 5.41) is 18.1. The fourth-order valence-corrected chi connectivity index (χ4v) is 5.08. The van der Waals surface area contributed by atoms with Crippen molar-refractivity contribution >= 4 is 40.5 Å². The van der Waals surface area contributed by atoms with E-state index in [1.54, 1.807) is 65.3 Å². The number of aryl methyl sites for hydroxylation is 1. The van der Waals surface area contributed by atoms with E-state index < -0.39 is 10.0 Å². The van der Waals surface area contributed by atoms with E-state index in [4.69, 9.17) is 7.85 Å². The van der Waals surface area contributed by atoms with Crippen LogP contribution in [0.3, 0.4) is 0 Å². The van der Waals surface area contributed by atoms with Gasteiger partial charge in [-0.15, -0.1) is 0 Å². The van der Waals surface area contributed by atoms with Gasteiger partial charge in [-0.3, -0.25) is 4.72 Å². The molecule has 178 valence electrons. The molecule has 36 heavy (non-hydrogen) atoms. The maximum atomic E-state index is 12.8. The van der Waals surface area contributed by atoms with E-state index >= 15 is 0 Å². The second-order valence-electron chi connectivity index (χ2n) is 8.30. The van der Waals surface area contributed by atoms with E-state index in [-0.39, 0.29) is 16.1 Å². The summed E-state index contributed by atoms with van der Waals surface area (Å²) in [4.78, 5) is 4.71. The first-order chi connectivity index (χ1) is 17.3. The van der Waals surface area contributed by atoms with Crippen LogP contribution in [-0.2, 0) is 16.6 Å². The van der Waals surface area contributed by atoms with Gasteiger partial charge in [0, 0.05) is 29.4 Å². The van der Waals surface area contributed by atoms with Crippen LogP contribution in [0.4, 0.5) is 11.5 Å². The predicted octanol–water partition coefficient (Wildman–Crippen LogP) is 3.62. The zero-order valence-electron chi connectivity index (χ0n) is 19.4. The molecular weight excluding hydrogens is 473 g/mol. The van der Waals surface area contributed by atoms with Crippen molar-refractivity contribution < 1.29 is 13.5 Å². The molecule has 0 amide bonds.